The van der Waals surface area contributed by atoms with E-state index in [2.05, 4.69) is 25.5 Å². The molecule has 0 spiro atoms. The molecule has 3 heterocycles. The fourth-order valence-electron chi connectivity index (χ4n) is 2.95. The average molecular weight is 318 g/mol. The molecule has 1 N–H and O–H groups in total. The molecule has 1 saturated heterocycles. The van der Waals surface area contributed by atoms with E-state index in [1.54, 1.807) is 17.8 Å². The van der Waals surface area contributed by atoms with Gasteiger partial charge in [0.2, 0.25) is 11.8 Å². The molecule has 0 aromatic carbocycles. The van der Waals surface area contributed by atoms with Gasteiger partial charge in [-0.25, -0.2) is 4.68 Å². The predicted octanol–water partition coefficient (Wildman–Crippen LogP) is 1.93. The Bertz CT molecular complexity index is 677. The summed E-state index contributed by atoms with van der Waals surface area (Å²) in [6, 6.07) is 2.05. The van der Waals surface area contributed by atoms with Crippen LogP contribution in [-0.2, 0) is 4.79 Å². The molecule has 124 valence electrons. The number of nitrogens with zero attached hydrogens (tertiary/aromatic N) is 5. The van der Waals surface area contributed by atoms with Crippen molar-refractivity contribution in [3.63, 3.8) is 0 Å². The molecule has 1 atom stereocenters. The number of nitrogens with one attached hydrogen (secondary N) is 1. The smallest absolute Gasteiger partial charge is 0.239 e. The Balaban J connectivity index is 1.64. The minimum absolute atomic E-state index is 0.0493. The van der Waals surface area contributed by atoms with Crippen LogP contribution in [0.15, 0.2) is 16.8 Å². The fourth-order valence-corrected chi connectivity index (χ4v) is 2.95. The number of carbonyl (C=O) groups excluding carboxylic acids is 1. The van der Waals surface area contributed by atoms with Gasteiger partial charge in [0.15, 0.2) is 5.82 Å². The van der Waals surface area contributed by atoms with Crippen LogP contribution in [0.3, 0.4) is 0 Å². The first kappa shape index (κ1) is 15.7. The second-order valence-corrected chi connectivity index (χ2v) is 6.10. The van der Waals surface area contributed by atoms with Crippen LogP contribution in [0.25, 0.3) is 0 Å². The highest BCUT2D eigenvalue weighted by Crippen LogP contribution is 2.29. The van der Waals surface area contributed by atoms with Crippen molar-refractivity contribution < 1.29 is 9.32 Å². The van der Waals surface area contributed by atoms with Crippen LogP contribution in [0.2, 0.25) is 0 Å². The molecule has 1 amide bonds. The second-order valence-electron chi connectivity index (χ2n) is 6.10. The van der Waals surface area contributed by atoms with Crippen LogP contribution in [0.4, 0.5) is 5.82 Å². The largest absolute Gasteiger partial charge is 0.340 e. The lowest BCUT2D eigenvalue weighted by molar-refractivity contribution is -0.117. The summed E-state index contributed by atoms with van der Waals surface area (Å²) in [7, 11) is 0. The van der Waals surface area contributed by atoms with Gasteiger partial charge in [-0.1, -0.05) is 5.16 Å². The van der Waals surface area contributed by atoms with Gasteiger partial charge in [-0.05, 0) is 33.2 Å². The van der Waals surface area contributed by atoms with E-state index < -0.39 is 0 Å². The minimum Gasteiger partial charge on any atom is -0.340 e. The number of hydrogen-bond donors (Lipinski definition) is 1. The Morgan fingerprint density at radius 3 is 3.04 bits per heavy atom. The summed E-state index contributed by atoms with van der Waals surface area (Å²) in [6.45, 7) is 6.99. The third-order valence-electron chi connectivity index (χ3n) is 3.98. The Hall–Kier alpha value is -2.22. The number of anilines is 1. The summed E-state index contributed by atoms with van der Waals surface area (Å²) in [4.78, 5) is 18.8. The van der Waals surface area contributed by atoms with Gasteiger partial charge in [0.25, 0.3) is 0 Å². The number of carbonyl (C=O) groups is 1. The average Bonchev–Trinajstić information content (AvgIpc) is 3.19. The first-order chi connectivity index (χ1) is 11.0. The maximum atomic E-state index is 12.4. The van der Waals surface area contributed by atoms with Crippen LogP contribution >= 0.6 is 0 Å². The molecule has 1 fully saturated rings. The normalized spacial score (nSPS) is 18.7. The summed E-state index contributed by atoms with van der Waals surface area (Å²) in [5.74, 6) is 1.88. The first-order valence-corrected chi connectivity index (χ1v) is 7.92. The molecule has 1 aliphatic rings. The van der Waals surface area contributed by atoms with Gasteiger partial charge in [0.05, 0.1) is 18.8 Å². The molecule has 0 saturated carbocycles. The number of hydrogen-bond acceptors (Lipinski definition) is 6. The maximum absolute atomic E-state index is 12.4. The SMILES string of the molecule is Cc1nc(C2CCCN2CC(=O)Nc2ccnn2C(C)C)no1. The topological polar surface area (TPSA) is 89.1 Å². The number of amides is 1. The Labute approximate surface area is 134 Å². The third kappa shape index (κ3) is 3.42. The second kappa shape index (κ2) is 6.49. The highest BCUT2D eigenvalue weighted by molar-refractivity contribution is 5.91. The molecule has 0 bridgehead atoms. The van der Waals surface area contributed by atoms with Gasteiger partial charge < -0.3 is 9.84 Å². The van der Waals surface area contributed by atoms with Crippen molar-refractivity contribution in [3.05, 3.63) is 24.0 Å². The summed E-state index contributed by atoms with van der Waals surface area (Å²) in [5.41, 5.74) is 0. The summed E-state index contributed by atoms with van der Waals surface area (Å²) in [6.07, 6.45) is 3.65. The summed E-state index contributed by atoms with van der Waals surface area (Å²) < 4.78 is 6.85. The zero-order valence-corrected chi connectivity index (χ0v) is 13.7. The molecule has 0 radical (unpaired) electrons. The van der Waals surface area contributed by atoms with E-state index >= 15 is 0 Å². The Morgan fingerprint density at radius 2 is 2.35 bits per heavy atom. The van der Waals surface area contributed by atoms with Gasteiger partial charge in [0, 0.05) is 19.0 Å². The number of aromatic nitrogens is 4. The quantitative estimate of drug-likeness (QED) is 0.906. The lowest BCUT2D eigenvalue weighted by atomic mass is 10.2. The van der Waals surface area contributed by atoms with Gasteiger partial charge in [-0.2, -0.15) is 10.1 Å². The first-order valence-electron chi connectivity index (χ1n) is 7.92. The van der Waals surface area contributed by atoms with Gasteiger partial charge in [0.1, 0.15) is 5.82 Å². The molecular formula is C15H22N6O2. The van der Waals surface area contributed by atoms with Crippen molar-refractivity contribution in [3.8, 4) is 0 Å². The predicted molar refractivity (Wildman–Crippen MR) is 83.8 cm³/mol. The fraction of sp³-hybridized carbons (Fsp3) is 0.600. The van der Waals surface area contributed by atoms with Crippen molar-refractivity contribution in [2.24, 2.45) is 0 Å². The zero-order valence-electron chi connectivity index (χ0n) is 13.7. The lowest BCUT2D eigenvalue weighted by Crippen LogP contribution is -2.33. The Morgan fingerprint density at radius 1 is 1.52 bits per heavy atom. The van der Waals surface area contributed by atoms with Crippen molar-refractivity contribution in [2.75, 3.05) is 18.4 Å². The van der Waals surface area contributed by atoms with Gasteiger partial charge in [-0.3, -0.25) is 9.69 Å². The number of likely N-dealkylation sites (tertiary alicyclic amines) is 1. The molecule has 2 aromatic heterocycles. The van der Waals surface area contributed by atoms with Crippen LogP contribution in [0.1, 0.15) is 50.5 Å². The van der Waals surface area contributed by atoms with E-state index in [1.807, 2.05) is 19.9 Å². The van der Waals surface area contributed by atoms with Crippen LogP contribution in [-0.4, -0.2) is 43.8 Å². The van der Waals surface area contributed by atoms with Crippen molar-refractivity contribution in [1.82, 2.24) is 24.8 Å². The van der Waals surface area contributed by atoms with Crippen LogP contribution in [0, 0.1) is 6.92 Å². The van der Waals surface area contributed by atoms with Gasteiger partial charge in [-0.15, -0.1) is 0 Å². The van der Waals surface area contributed by atoms with Crippen molar-refractivity contribution >= 4 is 11.7 Å². The molecule has 1 unspecified atom stereocenters. The maximum Gasteiger partial charge on any atom is 0.239 e. The minimum atomic E-state index is -0.0560. The van der Waals surface area contributed by atoms with E-state index in [-0.39, 0.29) is 18.0 Å². The van der Waals surface area contributed by atoms with E-state index in [0.717, 1.165) is 25.2 Å². The molecule has 0 aliphatic carbocycles. The highest BCUT2D eigenvalue weighted by atomic mass is 16.5. The summed E-state index contributed by atoms with van der Waals surface area (Å²) in [5, 5.41) is 11.1. The number of aryl methyl sites for hydroxylation is 1. The van der Waals surface area contributed by atoms with Crippen LogP contribution in [0.5, 0.6) is 0 Å². The third-order valence-corrected chi connectivity index (χ3v) is 3.98. The standard InChI is InChI=1S/C15H22N6O2/c1-10(2)21-13(6-7-16-21)18-14(22)9-20-8-4-5-12(20)15-17-11(3)23-19-15/h6-7,10,12H,4-5,8-9H2,1-3H3,(H,18,22). The highest BCUT2D eigenvalue weighted by Gasteiger charge is 2.31. The van der Waals surface area contributed by atoms with Gasteiger partial charge >= 0.3 is 0 Å². The zero-order chi connectivity index (χ0) is 16.4. The Kier molecular flexibility index (Phi) is 4.42. The molecule has 8 nitrogen and oxygen atoms in total. The molecule has 8 heteroatoms. The van der Waals surface area contributed by atoms with Crippen molar-refractivity contribution in [2.45, 2.75) is 45.7 Å². The molecular weight excluding hydrogens is 296 g/mol. The lowest BCUT2D eigenvalue weighted by Gasteiger charge is -2.21. The van der Waals surface area contributed by atoms with E-state index in [1.165, 1.54) is 0 Å². The van der Waals surface area contributed by atoms with E-state index in [0.29, 0.717) is 18.3 Å². The molecule has 3 rings (SSSR count). The van der Waals surface area contributed by atoms with Crippen molar-refractivity contribution in [1.29, 1.82) is 0 Å². The monoisotopic (exact) mass is 318 g/mol. The van der Waals surface area contributed by atoms with E-state index in [9.17, 15) is 4.79 Å². The summed E-state index contributed by atoms with van der Waals surface area (Å²) >= 11 is 0. The molecule has 2 aromatic rings. The molecule has 23 heavy (non-hydrogen) atoms. The molecule has 1 aliphatic heterocycles. The van der Waals surface area contributed by atoms with E-state index in [4.69, 9.17) is 4.52 Å². The van der Waals surface area contributed by atoms with Crippen LogP contribution < -0.4 is 5.32 Å². The number of rotatable bonds is 5.